The number of nitrogens with zero attached hydrogens (tertiary/aromatic N) is 1. The number of methoxy groups -OCH3 is 1. The van der Waals surface area contributed by atoms with Crippen molar-refractivity contribution in [1.82, 2.24) is 10.5 Å². The van der Waals surface area contributed by atoms with Crippen molar-refractivity contribution in [2.24, 2.45) is 0 Å². The van der Waals surface area contributed by atoms with Crippen LogP contribution in [0.4, 0.5) is 0 Å². The van der Waals surface area contributed by atoms with Crippen LogP contribution in [0, 0.1) is 0 Å². The Morgan fingerprint density at radius 3 is 2.83 bits per heavy atom. The highest BCUT2D eigenvalue weighted by molar-refractivity contribution is 5.65. The van der Waals surface area contributed by atoms with Gasteiger partial charge in [-0.25, -0.2) is 0 Å². The summed E-state index contributed by atoms with van der Waals surface area (Å²) in [6.45, 7) is 1.05. The summed E-state index contributed by atoms with van der Waals surface area (Å²) in [6.07, 6.45) is 4.09. The molecule has 1 saturated heterocycles. The SMILES string of the molecule is COc1ccc(-c2cnoc2C2CCCN2)cc1. The van der Waals surface area contributed by atoms with Gasteiger partial charge in [0.15, 0.2) is 5.76 Å². The summed E-state index contributed by atoms with van der Waals surface area (Å²) in [5.41, 5.74) is 2.18. The smallest absolute Gasteiger partial charge is 0.161 e. The largest absolute Gasteiger partial charge is 0.497 e. The van der Waals surface area contributed by atoms with Crippen molar-refractivity contribution in [3.63, 3.8) is 0 Å². The van der Waals surface area contributed by atoms with E-state index >= 15 is 0 Å². The first-order valence-corrected chi connectivity index (χ1v) is 6.21. The molecule has 1 aliphatic heterocycles. The maximum absolute atomic E-state index is 5.42. The Morgan fingerprint density at radius 1 is 1.33 bits per heavy atom. The van der Waals surface area contributed by atoms with Gasteiger partial charge in [-0.1, -0.05) is 17.3 Å². The molecule has 18 heavy (non-hydrogen) atoms. The van der Waals surface area contributed by atoms with Crippen LogP contribution in [-0.2, 0) is 0 Å². The maximum Gasteiger partial charge on any atom is 0.161 e. The summed E-state index contributed by atoms with van der Waals surface area (Å²) in [5.74, 6) is 1.80. The molecule has 4 heteroatoms. The lowest BCUT2D eigenvalue weighted by Gasteiger charge is -2.08. The molecule has 0 saturated carbocycles. The first-order chi connectivity index (χ1) is 8.88. The Hall–Kier alpha value is -1.81. The van der Waals surface area contributed by atoms with Gasteiger partial charge in [-0.3, -0.25) is 0 Å². The van der Waals surface area contributed by atoms with Gasteiger partial charge >= 0.3 is 0 Å². The van der Waals surface area contributed by atoms with Crippen LogP contribution in [0.3, 0.4) is 0 Å². The lowest BCUT2D eigenvalue weighted by atomic mass is 10.0. The second kappa shape index (κ2) is 4.82. The van der Waals surface area contributed by atoms with E-state index in [2.05, 4.69) is 10.5 Å². The van der Waals surface area contributed by atoms with E-state index in [-0.39, 0.29) is 0 Å². The zero-order valence-electron chi connectivity index (χ0n) is 10.3. The van der Waals surface area contributed by atoms with Gasteiger partial charge in [0.05, 0.1) is 19.3 Å². The molecule has 1 N–H and O–H groups in total. The number of rotatable bonds is 3. The maximum atomic E-state index is 5.42. The average Bonchev–Trinajstić information content (AvgIpc) is 3.09. The van der Waals surface area contributed by atoms with Crippen LogP contribution >= 0.6 is 0 Å². The molecule has 0 aliphatic carbocycles. The summed E-state index contributed by atoms with van der Waals surface area (Å²) in [5, 5.41) is 7.37. The van der Waals surface area contributed by atoms with Crippen molar-refractivity contribution in [2.75, 3.05) is 13.7 Å². The molecule has 1 aliphatic rings. The summed E-state index contributed by atoms with van der Waals surface area (Å²) in [4.78, 5) is 0. The van der Waals surface area contributed by atoms with Gasteiger partial charge in [0, 0.05) is 5.56 Å². The quantitative estimate of drug-likeness (QED) is 0.901. The fourth-order valence-electron chi connectivity index (χ4n) is 2.40. The molecule has 94 valence electrons. The second-order valence-corrected chi connectivity index (χ2v) is 4.48. The molecule has 0 radical (unpaired) electrons. The molecule has 1 aromatic heterocycles. The van der Waals surface area contributed by atoms with Crippen molar-refractivity contribution < 1.29 is 9.26 Å². The van der Waals surface area contributed by atoms with Crippen molar-refractivity contribution in [2.45, 2.75) is 18.9 Å². The van der Waals surface area contributed by atoms with Gasteiger partial charge in [-0.15, -0.1) is 0 Å². The summed E-state index contributed by atoms with van der Waals surface area (Å²) >= 11 is 0. The summed E-state index contributed by atoms with van der Waals surface area (Å²) in [6, 6.07) is 8.26. The van der Waals surface area contributed by atoms with Crippen LogP contribution in [-0.4, -0.2) is 18.8 Å². The lowest BCUT2D eigenvalue weighted by molar-refractivity contribution is 0.352. The van der Waals surface area contributed by atoms with Crippen LogP contribution in [0.2, 0.25) is 0 Å². The minimum absolute atomic E-state index is 0.296. The van der Waals surface area contributed by atoms with Gasteiger partial charge in [-0.05, 0) is 37.1 Å². The van der Waals surface area contributed by atoms with Gasteiger partial charge < -0.3 is 14.6 Å². The van der Waals surface area contributed by atoms with Crippen LogP contribution in [0.15, 0.2) is 35.0 Å². The average molecular weight is 244 g/mol. The van der Waals surface area contributed by atoms with Crippen LogP contribution < -0.4 is 10.1 Å². The zero-order valence-corrected chi connectivity index (χ0v) is 10.3. The minimum Gasteiger partial charge on any atom is -0.497 e. The van der Waals surface area contributed by atoms with Crippen LogP contribution in [0.5, 0.6) is 5.75 Å². The standard InChI is InChI=1S/C14H16N2O2/c1-17-11-6-4-10(5-7-11)12-9-16-18-14(12)13-3-2-8-15-13/h4-7,9,13,15H,2-3,8H2,1H3. The highest BCUT2D eigenvalue weighted by atomic mass is 16.5. The van der Waals surface area contributed by atoms with Gasteiger partial charge in [0.1, 0.15) is 5.75 Å². The minimum atomic E-state index is 0.296. The van der Waals surface area contributed by atoms with E-state index in [0.29, 0.717) is 6.04 Å². The van der Waals surface area contributed by atoms with E-state index in [1.807, 2.05) is 24.3 Å². The Balaban J connectivity index is 1.93. The molecule has 4 nitrogen and oxygen atoms in total. The van der Waals surface area contributed by atoms with Crippen LogP contribution in [0.1, 0.15) is 24.6 Å². The highest BCUT2D eigenvalue weighted by Gasteiger charge is 2.23. The molecule has 1 atom stereocenters. The predicted octanol–water partition coefficient (Wildman–Crippen LogP) is 2.77. The first kappa shape index (κ1) is 11.3. The van der Waals surface area contributed by atoms with E-state index in [4.69, 9.17) is 9.26 Å². The zero-order chi connectivity index (χ0) is 12.4. The Bertz CT molecular complexity index is 513. The van der Waals surface area contributed by atoms with Crippen molar-refractivity contribution in [3.8, 4) is 16.9 Å². The summed E-state index contributed by atoms with van der Waals surface area (Å²) < 4.78 is 10.6. The second-order valence-electron chi connectivity index (χ2n) is 4.48. The first-order valence-electron chi connectivity index (χ1n) is 6.21. The third-order valence-corrected chi connectivity index (χ3v) is 3.38. The molecule has 0 spiro atoms. The van der Waals surface area contributed by atoms with E-state index in [1.165, 1.54) is 6.42 Å². The van der Waals surface area contributed by atoms with E-state index < -0.39 is 0 Å². The molecule has 2 aromatic rings. The van der Waals surface area contributed by atoms with Crippen molar-refractivity contribution >= 4 is 0 Å². The highest BCUT2D eigenvalue weighted by Crippen LogP contribution is 2.32. The molecule has 1 fully saturated rings. The number of benzene rings is 1. The molecular weight excluding hydrogens is 228 g/mol. The van der Waals surface area contributed by atoms with E-state index in [1.54, 1.807) is 13.3 Å². The normalized spacial score (nSPS) is 19.1. The lowest BCUT2D eigenvalue weighted by Crippen LogP contribution is -2.12. The van der Waals surface area contributed by atoms with Gasteiger partial charge in [0.2, 0.25) is 0 Å². The molecule has 0 bridgehead atoms. The number of aromatic nitrogens is 1. The Kier molecular flexibility index (Phi) is 3.02. The van der Waals surface area contributed by atoms with E-state index in [9.17, 15) is 0 Å². The molecular formula is C14H16N2O2. The molecule has 0 amide bonds. The van der Waals surface area contributed by atoms with Gasteiger partial charge in [-0.2, -0.15) is 0 Å². The third-order valence-electron chi connectivity index (χ3n) is 3.38. The fraction of sp³-hybridized carbons (Fsp3) is 0.357. The molecule has 3 rings (SSSR count). The van der Waals surface area contributed by atoms with Crippen LogP contribution in [0.25, 0.3) is 11.1 Å². The number of hydrogen-bond donors (Lipinski definition) is 1. The predicted molar refractivity (Wildman–Crippen MR) is 68.5 cm³/mol. The number of hydrogen-bond acceptors (Lipinski definition) is 4. The molecule has 2 heterocycles. The number of nitrogens with one attached hydrogen (secondary N) is 1. The van der Waals surface area contributed by atoms with Gasteiger partial charge in [0.25, 0.3) is 0 Å². The Morgan fingerprint density at radius 2 is 2.17 bits per heavy atom. The fourth-order valence-corrected chi connectivity index (χ4v) is 2.40. The van der Waals surface area contributed by atoms with E-state index in [0.717, 1.165) is 35.6 Å². The van der Waals surface area contributed by atoms with Crippen molar-refractivity contribution in [3.05, 3.63) is 36.2 Å². The topological polar surface area (TPSA) is 47.3 Å². The molecule has 1 unspecified atom stereocenters. The number of ether oxygens (including phenoxy) is 1. The molecule has 1 aromatic carbocycles. The Labute approximate surface area is 106 Å². The van der Waals surface area contributed by atoms with Crippen molar-refractivity contribution in [1.29, 1.82) is 0 Å². The summed E-state index contributed by atoms with van der Waals surface area (Å²) in [7, 11) is 1.67. The monoisotopic (exact) mass is 244 g/mol. The third kappa shape index (κ3) is 1.99.